The molecule has 2 atom stereocenters. The van der Waals surface area contributed by atoms with E-state index in [1.807, 2.05) is 0 Å². The molecule has 0 aliphatic carbocycles. The van der Waals surface area contributed by atoms with Crippen molar-refractivity contribution >= 4 is 11.3 Å². The monoisotopic (exact) mass is 214 g/mol. The fraction of sp³-hybridized carbons (Fsp3) is 0.667. The van der Waals surface area contributed by atoms with Crippen LogP contribution in [-0.4, -0.2) is 29.8 Å². The van der Waals surface area contributed by atoms with E-state index in [1.165, 1.54) is 11.3 Å². The van der Waals surface area contributed by atoms with E-state index in [1.54, 1.807) is 11.7 Å². The van der Waals surface area contributed by atoms with Gasteiger partial charge in [0.25, 0.3) is 0 Å². The zero-order chi connectivity index (χ0) is 10.0. The predicted molar refractivity (Wildman–Crippen MR) is 54.0 cm³/mol. The minimum Gasteiger partial charge on any atom is -0.387 e. The van der Waals surface area contributed by atoms with E-state index in [4.69, 9.17) is 10.5 Å². The van der Waals surface area contributed by atoms with Crippen molar-refractivity contribution < 1.29 is 9.84 Å². The van der Waals surface area contributed by atoms with Gasteiger partial charge in [0.2, 0.25) is 0 Å². The van der Waals surface area contributed by atoms with Crippen LogP contribution in [0.3, 0.4) is 0 Å². The van der Waals surface area contributed by atoms with Gasteiger partial charge in [0.15, 0.2) is 0 Å². The van der Waals surface area contributed by atoms with Crippen molar-refractivity contribution in [2.45, 2.75) is 12.5 Å². The number of aromatic nitrogens is 1. The van der Waals surface area contributed by atoms with E-state index in [2.05, 4.69) is 4.98 Å². The molecule has 0 radical (unpaired) electrons. The van der Waals surface area contributed by atoms with E-state index < -0.39 is 6.10 Å². The van der Waals surface area contributed by atoms with Gasteiger partial charge in [-0.2, -0.15) is 0 Å². The van der Waals surface area contributed by atoms with E-state index >= 15 is 0 Å². The first-order valence-electron chi connectivity index (χ1n) is 4.63. The van der Waals surface area contributed by atoms with Gasteiger partial charge < -0.3 is 15.6 Å². The molecule has 1 aliphatic rings. The summed E-state index contributed by atoms with van der Waals surface area (Å²) in [5.41, 5.74) is 7.14. The molecule has 3 N–H and O–H groups in total. The highest BCUT2D eigenvalue weighted by Gasteiger charge is 2.41. The molecule has 14 heavy (non-hydrogen) atoms. The predicted octanol–water partition coefficient (Wildman–Crippen LogP) is 0.542. The van der Waals surface area contributed by atoms with Crippen LogP contribution >= 0.6 is 11.3 Å². The Hall–Kier alpha value is -0.490. The van der Waals surface area contributed by atoms with Crippen LogP contribution in [0.4, 0.5) is 0 Å². The summed E-state index contributed by atoms with van der Waals surface area (Å²) in [7, 11) is 0. The lowest BCUT2D eigenvalue weighted by Gasteiger charge is -2.30. The van der Waals surface area contributed by atoms with Crippen molar-refractivity contribution in [1.29, 1.82) is 0 Å². The summed E-state index contributed by atoms with van der Waals surface area (Å²) in [4.78, 5) is 4.83. The maximum Gasteiger partial charge on any atom is 0.0989 e. The van der Waals surface area contributed by atoms with Gasteiger partial charge in [-0.1, -0.05) is 0 Å². The molecule has 78 valence electrons. The Labute approximate surface area is 86.7 Å². The molecule has 2 rings (SSSR count). The molecule has 5 heteroatoms. The summed E-state index contributed by atoms with van der Waals surface area (Å²) in [6, 6.07) is 0. The van der Waals surface area contributed by atoms with Crippen LogP contribution in [0.15, 0.2) is 11.7 Å². The standard InChI is InChI=1S/C9H14N2O2S/c10-4-9(1-2-13-5-9)8(12)7-3-11-6-14-7/h3,6,8,12H,1-2,4-5,10H2. The number of thiazole rings is 1. The number of aliphatic hydroxyl groups is 1. The van der Waals surface area contributed by atoms with E-state index in [0.29, 0.717) is 19.8 Å². The second-order valence-electron chi connectivity index (χ2n) is 3.68. The quantitative estimate of drug-likeness (QED) is 0.770. The fourth-order valence-electron chi connectivity index (χ4n) is 1.77. The second-order valence-corrected chi connectivity index (χ2v) is 4.59. The molecular formula is C9H14N2O2S. The topological polar surface area (TPSA) is 68.4 Å². The SMILES string of the molecule is NCC1(C(O)c2cncs2)CCOC1. The summed E-state index contributed by atoms with van der Waals surface area (Å²) in [6.45, 7) is 1.68. The average molecular weight is 214 g/mol. The Bertz CT molecular complexity index is 283. The van der Waals surface area contributed by atoms with Crippen LogP contribution in [0, 0.1) is 5.41 Å². The van der Waals surface area contributed by atoms with Gasteiger partial charge in [0, 0.05) is 24.8 Å². The Balaban J connectivity index is 2.19. The Kier molecular flexibility index (Phi) is 2.83. The zero-order valence-electron chi connectivity index (χ0n) is 7.85. The molecule has 1 aromatic heterocycles. The van der Waals surface area contributed by atoms with Crippen LogP contribution in [-0.2, 0) is 4.74 Å². The molecule has 2 heterocycles. The number of nitrogens with zero attached hydrogens (tertiary/aromatic N) is 1. The van der Waals surface area contributed by atoms with Gasteiger partial charge >= 0.3 is 0 Å². The minimum atomic E-state index is -0.539. The normalized spacial score (nSPS) is 29.3. The zero-order valence-corrected chi connectivity index (χ0v) is 8.67. The van der Waals surface area contributed by atoms with Gasteiger partial charge in [-0.05, 0) is 6.42 Å². The minimum absolute atomic E-state index is 0.299. The highest BCUT2D eigenvalue weighted by Crippen LogP contribution is 2.41. The lowest BCUT2D eigenvalue weighted by molar-refractivity contribution is 0.0214. The molecule has 4 nitrogen and oxygen atoms in total. The average Bonchev–Trinajstić information content (AvgIpc) is 2.89. The first-order chi connectivity index (χ1) is 6.78. The van der Waals surface area contributed by atoms with Crippen molar-refractivity contribution in [3.63, 3.8) is 0 Å². The van der Waals surface area contributed by atoms with Gasteiger partial charge in [-0.3, -0.25) is 4.98 Å². The van der Waals surface area contributed by atoms with Crippen LogP contribution in [0.5, 0.6) is 0 Å². The largest absolute Gasteiger partial charge is 0.387 e. The van der Waals surface area contributed by atoms with Crippen molar-refractivity contribution in [2.24, 2.45) is 11.1 Å². The van der Waals surface area contributed by atoms with E-state index in [9.17, 15) is 5.11 Å². The van der Waals surface area contributed by atoms with E-state index in [0.717, 1.165) is 11.3 Å². The molecule has 2 unspecified atom stereocenters. The Morgan fingerprint density at radius 1 is 1.79 bits per heavy atom. The van der Waals surface area contributed by atoms with Gasteiger partial charge in [-0.15, -0.1) is 11.3 Å². The molecule has 0 saturated carbocycles. The molecule has 1 aromatic rings. The second kappa shape index (κ2) is 3.94. The third kappa shape index (κ3) is 1.56. The van der Waals surface area contributed by atoms with Gasteiger partial charge in [0.05, 0.1) is 23.1 Å². The number of hydrogen-bond acceptors (Lipinski definition) is 5. The van der Waals surface area contributed by atoms with Gasteiger partial charge in [-0.25, -0.2) is 0 Å². The fourth-order valence-corrected chi connectivity index (χ4v) is 2.52. The molecule has 1 fully saturated rings. The number of hydrogen-bond donors (Lipinski definition) is 2. The summed E-state index contributed by atoms with van der Waals surface area (Å²) in [5.74, 6) is 0. The van der Waals surface area contributed by atoms with Crippen LogP contribution in [0.25, 0.3) is 0 Å². The summed E-state index contributed by atoms with van der Waals surface area (Å²) >= 11 is 1.46. The van der Waals surface area contributed by atoms with Crippen LogP contribution in [0.2, 0.25) is 0 Å². The number of nitrogens with two attached hydrogens (primary N) is 1. The summed E-state index contributed by atoms with van der Waals surface area (Å²) in [5, 5.41) is 10.2. The smallest absolute Gasteiger partial charge is 0.0989 e. The maximum atomic E-state index is 10.2. The Morgan fingerprint density at radius 3 is 3.14 bits per heavy atom. The number of rotatable bonds is 3. The molecule has 0 aromatic carbocycles. The molecule has 0 amide bonds. The highest BCUT2D eigenvalue weighted by molar-refractivity contribution is 7.09. The molecule has 1 aliphatic heterocycles. The lowest BCUT2D eigenvalue weighted by atomic mass is 9.81. The first-order valence-corrected chi connectivity index (χ1v) is 5.51. The number of ether oxygens (including phenoxy) is 1. The highest BCUT2D eigenvalue weighted by atomic mass is 32.1. The molecule has 1 saturated heterocycles. The molecular weight excluding hydrogens is 200 g/mol. The number of aliphatic hydroxyl groups excluding tert-OH is 1. The maximum absolute atomic E-state index is 10.2. The van der Waals surface area contributed by atoms with Crippen molar-refractivity contribution in [2.75, 3.05) is 19.8 Å². The van der Waals surface area contributed by atoms with Gasteiger partial charge in [0.1, 0.15) is 0 Å². The summed E-state index contributed by atoms with van der Waals surface area (Å²) < 4.78 is 5.31. The van der Waals surface area contributed by atoms with Crippen LogP contribution < -0.4 is 5.73 Å². The third-order valence-electron chi connectivity index (χ3n) is 2.84. The molecule has 0 spiro atoms. The van der Waals surface area contributed by atoms with Crippen molar-refractivity contribution in [3.05, 3.63) is 16.6 Å². The van der Waals surface area contributed by atoms with Crippen LogP contribution in [0.1, 0.15) is 17.4 Å². The van der Waals surface area contributed by atoms with E-state index in [-0.39, 0.29) is 5.41 Å². The summed E-state index contributed by atoms with van der Waals surface area (Å²) in [6.07, 6.45) is 1.98. The van der Waals surface area contributed by atoms with Crippen molar-refractivity contribution in [3.8, 4) is 0 Å². The third-order valence-corrected chi connectivity index (χ3v) is 3.67. The lowest BCUT2D eigenvalue weighted by Crippen LogP contribution is -2.37. The Morgan fingerprint density at radius 2 is 2.64 bits per heavy atom. The first kappa shape index (κ1) is 10.0. The van der Waals surface area contributed by atoms with Crippen molar-refractivity contribution in [1.82, 2.24) is 4.98 Å². The molecule has 0 bridgehead atoms.